The van der Waals surface area contributed by atoms with Gasteiger partial charge in [-0.25, -0.2) is 4.98 Å². The monoisotopic (exact) mass is 403 g/mol. The van der Waals surface area contributed by atoms with Gasteiger partial charge in [0.15, 0.2) is 0 Å². The van der Waals surface area contributed by atoms with E-state index in [1.807, 2.05) is 62.4 Å². The number of fused-ring (bicyclic) bond motifs is 1. The number of hydrogen-bond donors (Lipinski definition) is 1. The van der Waals surface area contributed by atoms with E-state index in [0.717, 1.165) is 38.9 Å². The second kappa shape index (κ2) is 8.05. The van der Waals surface area contributed by atoms with E-state index in [2.05, 4.69) is 27.3 Å². The van der Waals surface area contributed by atoms with Crippen molar-refractivity contribution in [3.63, 3.8) is 0 Å². The Balaban J connectivity index is 1.55. The summed E-state index contributed by atoms with van der Waals surface area (Å²) in [5, 5.41) is 8.28. The molecule has 0 aliphatic heterocycles. The average Bonchev–Trinajstić information content (AvgIpc) is 3.18. The molecule has 0 unspecified atom stereocenters. The predicted octanol–water partition coefficient (Wildman–Crippen LogP) is 4.71. The molecule has 0 bridgehead atoms. The Labute approximate surface area is 173 Å². The van der Waals surface area contributed by atoms with Crippen LogP contribution in [0.1, 0.15) is 34.1 Å². The molecular weight excluding hydrogens is 382 g/mol. The van der Waals surface area contributed by atoms with Crippen LogP contribution in [0, 0.1) is 13.8 Å². The summed E-state index contributed by atoms with van der Waals surface area (Å²) in [5.74, 6) is 0.483. The summed E-state index contributed by atoms with van der Waals surface area (Å²) in [5.41, 5.74) is 4.65. The van der Waals surface area contributed by atoms with Gasteiger partial charge in [-0.05, 0) is 56.7 Å². The Bertz CT molecular complexity index is 1170. The molecule has 0 saturated heterocycles. The lowest BCUT2D eigenvalue weighted by Crippen LogP contribution is -2.11. The number of carbonyl (C=O) groups excluding carboxylic acids is 1. The van der Waals surface area contributed by atoms with Crippen LogP contribution in [0.4, 0.5) is 5.69 Å². The fourth-order valence-electron chi connectivity index (χ4n) is 3.09. The van der Waals surface area contributed by atoms with Gasteiger partial charge >= 0.3 is 0 Å². The number of amides is 1. The molecule has 146 valence electrons. The molecule has 2 aromatic heterocycles. The Kier molecular flexibility index (Phi) is 5.31. The summed E-state index contributed by atoms with van der Waals surface area (Å²) in [6.45, 7) is 6.11. The van der Waals surface area contributed by atoms with Gasteiger partial charge in [-0.15, -0.1) is 0 Å². The number of aryl methyl sites for hydroxylation is 2. The molecule has 0 saturated carbocycles. The van der Waals surface area contributed by atoms with Crippen LogP contribution in [-0.2, 0) is 6.42 Å². The molecule has 0 radical (unpaired) electrons. The van der Waals surface area contributed by atoms with Crippen LogP contribution >= 0.6 is 11.8 Å². The Morgan fingerprint density at radius 1 is 1.07 bits per heavy atom. The van der Waals surface area contributed by atoms with Gasteiger partial charge in [0, 0.05) is 27.4 Å². The molecular formula is C22H21N5OS. The van der Waals surface area contributed by atoms with Crippen molar-refractivity contribution in [2.75, 3.05) is 5.32 Å². The van der Waals surface area contributed by atoms with Gasteiger partial charge in [-0.3, -0.25) is 4.79 Å². The first-order valence-electron chi connectivity index (χ1n) is 9.40. The zero-order valence-corrected chi connectivity index (χ0v) is 17.3. The molecule has 4 aromatic rings. The van der Waals surface area contributed by atoms with E-state index in [0.29, 0.717) is 11.3 Å². The van der Waals surface area contributed by atoms with Crippen molar-refractivity contribution in [2.24, 2.45) is 0 Å². The third-order valence-electron chi connectivity index (χ3n) is 4.68. The van der Waals surface area contributed by atoms with Gasteiger partial charge in [-0.1, -0.05) is 36.4 Å². The molecule has 2 heterocycles. The second-order valence-corrected chi connectivity index (χ2v) is 7.82. The molecule has 1 amide bonds. The first-order valence-corrected chi connectivity index (χ1v) is 10.2. The number of aromatic nitrogens is 4. The number of nitrogens with zero attached hydrogens (tertiary/aromatic N) is 4. The molecule has 4 rings (SSSR count). The normalized spacial score (nSPS) is 11.0. The molecule has 0 atom stereocenters. The summed E-state index contributed by atoms with van der Waals surface area (Å²) in [6, 6.07) is 15.3. The number of anilines is 1. The van der Waals surface area contributed by atoms with Crippen LogP contribution in [0.2, 0.25) is 0 Å². The zero-order valence-electron chi connectivity index (χ0n) is 16.5. The van der Waals surface area contributed by atoms with Crippen molar-refractivity contribution < 1.29 is 4.79 Å². The Morgan fingerprint density at radius 3 is 2.48 bits per heavy atom. The lowest BCUT2D eigenvalue weighted by atomic mass is 10.1. The van der Waals surface area contributed by atoms with Crippen LogP contribution in [-0.4, -0.2) is 25.5 Å². The molecule has 0 spiro atoms. The standard InChI is InChI=1S/C22H21N5OS/c1-4-19-15(3)25-22-23-13-24-27(22)21(19)29-18-11-9-17(10-12-18)26-20(28)16-7-5-14(2)6-8-16/h5-13H,4H2,1-3H3,(H,26,28). The third kappa shape index (κ3) is 4.00. The van der Waals surface area contributed by atoms with Crippen molar-refractivity contribution in [2.45, 2.75) is 37.1 Å². The summed E-state index contributed by atoms with van der Waals surface area (Å²) in [7, 11) is 0. The average molecular weight is 404 g/mol. The Morgan fingerprint density at radius 2 is 1.79 bits per heavy atom. The molecule has 0 fully saturated rings. The van der Waals surface area contributed by atoms with E-state index in [1.54, 1.807) is 16.3 Å². The van der Waals surface area contributed by atoms with E-state index in [-0.39, 0.29) is 5.91 Å². The SMILES string of the molecule is CCc1c(C)nc2ncnn2c1Sc1ccc(NC(=O)c2ccc(C)cc2)cc1. The van der Waals surface area contributed by atoms with Crippen LogP contribution in [0.25, 0.3) is 5.78 Å². The first kappa shape index (κ1) is 19.1. The smallest absolute Gasteiger partial charge is 0.255 e. The van der Waals surface area contributed by atoms with Crippen molar-refractivity contribution >= 4 is 29.1 Å². The minimum Gasteiger partial charge on any atom is -0.322 e. The molecule has 29 heavy (non-hydrogen) atoms. The van der Waals surface area contributed by atoms with Gasteiger partial charge in [0.05, 0.1) is 0 Å². The van der Waals surface area contributed by atoms with E-state index in [9.17, 15) is 4.79 Å². The number of benzene rings is 2. The Hall–Kier alpha value is -3.19. The molecule has 1 N–H and O–H groups in total. The quantitative estimate of drug-likeness (QED) is 0.489. The maximum absolute atomic E-state index is 12.4. The summed E-state index contributed by atoms with van der Waals surface area (Å²) in [6.07, 6.45) is 2.39. The highest BCUT2D eigenvalue weighted by Crippen LogP contribution is 2.32. The number of carbonyl (C=O) groups is 1. The molecule has 2 aromatic carbocycles. The first-order chi connectivity index (χ1) is 14.0. The molecule has 6 nitrogen and oxygen atoms in total. The third-order valence-corrected chi connectivity index (χ3v) is 5.80. The molecule has 0 aliphatic rings. The number of hydrogen-bond acceptors (Lipinski definition) is 5. The van der Waals surface area contributed by atoms with Gasteiger partial charge in [-0.2, -0.15) is 14.6 Å². The minimum atomic E-state index is -0.118. The fourth-order valence-corrected chi connectivity index (χ4v) is 4.22. The minimum absolute atomic E-state index is 0.118. The highest BCUT2D eigenvalue weighted by Gasteiger charge is 2.14. The van der Waals surface area contributed by atoms with Crippen LogP contribution in [0.15, 0.2) is 64.8 Å². The summed E-state index contributed by atoms with van der Waals surface area (Å²) < 4.78 is 1.78. The predicted molar refractivity (Wildman–Crippen MR) is 115 cm³/mol. The molecule has 7 heteroatoms. The van der Waals surface area contributed by atoms with Gasteiger partial charge < -0.3 is 5.32 Å². The van der Waals surface area contributed by atoms with E-state index >= 15 is 0 Å². The summed E-state index contributed by atoms with van der Waals surface area (Å²) >= 11 is 1.62. The second-order valence-electron chi connectivity index (χ2n) is 6.75. The fraction of sp³-hybridized carbons (Fsp3) is 0.182. The topological polar surface area (TPSA) is 72.2 Å². The van der Waals surface area contributed by atoms with Gasteiger partial charge in [0.2, 0.25) is 0 Å². The van der Waals surface area contributed by atoms with Crippen molar-refractivity contribution in [3.8, 4) is 0 Å². The van der Waals surface area contributed by atoms with Crippen LogP contribution in [0.5, 0.6) is 0 Å². The van der Waals surface area contributed by atoms with Gasteiger partial charge in [0.25, 0.3) is 11.7 Å². The summed E-state index contributed by atoms with van der Waals surface area (Å²) in [4.78, 5) is 22.2. The maximum atomic E-state index is 12.4. The van der Waals surface area contributed by atoms with Crippen molar-refractivity contribution in [3.05, 3.63) is 77.2 Å². The van der Waals surface area contributed by atoms with E-state index in [4.69, 9.17) is 0 Å². The largest absolute Gasteiger partial charge is 0.322 e. The van der Waals surface area contributed by atoms with Crippen molar-refractivity contribution in [1.82, 2.24) is 19.6 Å². The van der Waals surface area contributed by atoms with Crippen molar-refractivity contribution in [1.29, 1.82) is 0 Å². The highest BCUT2D eigenvalue weighted by atomic mass is 32.2. The van der Waals surface area contributed by atoms with Gasteiger partial charge in [0.1, 0.15) is 11.4 Å². The highest BCUT2D eigenvalue weighted by molar-refractivity contribution is 7.99. The maximum Gasteiger partial charge on any atom is 0.255 e. The lowest BCUT2D eigenvalue weighted by molar-refractivity contribution is 0.102. The van der Waals surface area contributed by atoms with E-state index in [1.165, 1.54) is 6.33 Å². The number of rotatable bonds is 5. The number of nitrogens with one attached hydrogen (secondary N) is 1. The lowest BCUT2D eigenvalue weighted by Gasteiger charge is -2.12. The zero-order chi connectivity index (χ0) is 20.4. The molecule has 0 aliphatic carbocycles. The van der Waals surface area contributed by atoms with E-state index < -0.39 is 0 Å². The van der Waals surface area contributed by atoms with Crippen LogP contribution in [0.3, 0.4) is 0 Å². The van der Waals surface area contributed by atoms with Crippen LogP contribution < -0.4 is 5.32 Å².